The van der Waals surface area contributed by atoms with Crippen LogP contribution in [0.5, 0.6) is 0 Å². The quantitative estimate of drug-likeness (QED) is 0.725. The molecule has 0 fully saturated rings. The monoisotopic (exact) mass is 315 g/mol. The van der Waals surface area contributed by atoms with Crippen LogP contribution in [0, 0.1) is 5.82 Å². The van der Waals surface area contributed by atoms with Crippen LogP contribution in [0.1, 0.15) is 11.7 Å². The second-order valence-corrected chi connectivity index (χ2v) is 5.35. The molecule has 5 nitrogen and oxygen atoms in total. The molecule has 1 aliphatic heterocycles. The minimum Gasteiger partial charge on any atom is -0.370 e. The number of hydrogen-bond donors (Lipinski definition) is 2. The van der Waals surface area contributed by atoms with Crippen molar-refractivity contribution in [3.8, 4) is 0 Å². The number of benzene rings is 2. The van der Waals surface area contributed by atoms with Crippen molar-refractivity contribution in [3.05, 3.63) is 58.9 Å². The first kappa shape index (κ1) is 13.1. The van der Waals surface area contributed by atoms with E-state index in [2.05, 4.69) is 15.3 Å². The van der Waals surface area contributed by atoms with Gasteiger partial charge in [-0.25, -0.2) is 14.4 Å². The Bertz CT molecular complexity index is 897. The number of hydrogen-bond acceptors (Lipinski definition) is 4. The van der Waals surface area contributed by atoms with Crippen LogP contribution < -0.4 is 11.1 Å². The summed E-state index contributed by atoms with van der Waals surface area (Å²) >= 11 is 6.19. The Morgan fingerprint density at radius 3 is 2.82 bits per heavy atom. The maximum Gasteiger partial charge on any atom is 0.212 e. The van der Waals surface area contributed by atoms with Gasteiger partial charge in [0.25, 0.3) is 0 Å². The maximum absolute atomic E-state index is 14.3. The number of aliphatic imine (C=N–C) groups is 1. The van der Waals surface area contributed by atoms with E-state index in [0.717, 1.165) is 11.0 Å². The lowest BCUT2D eigenvalue weighted by molar-refractivity contribution is 0.551. The molecule has 1 unspecified atom stereocenters. The van der Waals surface area contributed by atoms with E-state index in [1.54, 1.807) is 16.7 Å². The van der Waals surface area contributed by atoms with Crippen LogP contribution in [0.2, 0.25) is 5.02 Å². The molecule has 0 bridgehead atoms. The normalized spacial score (nSPS) is 17.0. The largest absolute Gasteiger partial charge is 0.370 e. The highest BCUT2D eigenvalue weighted by atomic mass is 35.5. The van der Waals surface area contributed by atoms with Crippen molar-refractivity contribution in [2.24, 2.45) is 10.7 Å². The molecular formula is C15H11ClFN5. The maximum atomic E-state index is 14.3. The fourth-order valence-corrected chi connectivity index (χ4v) is 2.93. The summed E-state index contributed by atoms with van der Waals surface area (Å²) in [6.07, 6.45) is -0.697. The van der Waals surface area contributed by atoms with Crippen LogP contribution in [0.4, 0.5) is 10.3 Å². The Balaban J connectivity index is 2.03. The van der Waals surface area contributed by atoms with Gasteiger partial charge >= 0.3 is 0 Å². The molecule has 0 spiro atoms. The average Bonchev–Trinajstić information content (AvgIpc) is 2.84. The van der Waals surface area contributed by atoms with Crippen molar-refractivity contribution in [1.29, 1.82) is 0 Å². The van der Waals surface area contributed by atoms with Gasteiger partial charge in [0, 0.05) is 0 Å². The summed E-state index contributed by atoms with van der Waals surface area (Å²) in [7, 11) is 0. The van der Waals surface area contributed by atoms with Crippen molar-refractivity contribution in [2.75, 3.05) is 5.32 Å². The summed E-state index contributed by atoms with van der Waals surface area (Å²) < 4.78 is 16.1. The highest BCUT2D eigenvalue weighted by Crippen LogP contribution is 2.36. The fourth-order valence-electron chi connectivity index (χ4n) is 2.67. The summed E-state index contributed by atoms with van der Waals surface area (Å²) in [5.74, 6) is 0.254. The number of anilines is 1. The lowest BCUT2D eigenvalue weighted by Crippen LogP contribution is -2.31. The minimum atomic E-state index is -0.697. The summed E-state index contributed by atoms with van der Waals surface area (Å²) in [6, 6.07) is 12.1. The number of aromatic nitrogens is 2. The van der Waals surface area contributed by atoms with Gasteiger partial charge in [0.2, 0.25) is 5.95 Å². The zero-order valence-corrected chi connectivity index (χ0v) is 12.0. The standard InChI is InChI=1S/C15H11ClFN5/c16-8-4-3-5-9(17)12(8)13-20-14(18)21-15-19-10-6-1-2-7-11(10)22(13)15/h1-7,13H,(H3,18,19,20,21). The molecule has 0 saturated heterocycles. The number of halogens is 2. The SMILES string of the molecule is NC1=NC(c2c(F)cccc2Cl)n2c(nc3ccccc32)N1. The van der Waals surface area contributed by atoms with Crippen molar-refractivity contribution in [1.82, 2.24) is 9.55 Å². The van der Waals surface area contributed by atoms with E-state index in [4.69, 9.17) is 17.3 Å². The molecule has 1 aromatic heterocycles. The zero-order chi connectivity index (χ0) is 15.3. The predicted octanol–water partition coefficient (Wildman–Crippen LogP) is 3.12. The van der Waals surface area contributed by atoms with Crippen molar-refractivity contribution < 1.29 is 4.39 Å². The molecule has 3 N–H and O–H groups in total. The third-order valence-electron chi connectivity index (χ3n) is 3.60. The Hall–Kier alpha value is -2.60. The Kier molecular flexibility index (Phi) is 2.80. The van der Waals surface area contributed by atoms with Gasteiger partial charge in [-0.1, -0.05) is 29.8 Å². The molecular weight excluding hydrogens is 305 g/mol. The van der Waals surface area contributed by atoms with E-state index >= 15 is 0 Å². The van der Waals surface area contributed by atoms with Gasteiger partial charge in [-0.2, -0.15) is 0 Å². The van der Waals surface area contributed by atoms with E-state index in [1.165, 1.54) is 6.07 Å². The minimum absolute atomic E-state index is 0.173. The Morgan fingerprint density at radius 1 is 1.18 bits per heavy atom. The molecule has 7 heteroatoms. The Morgan fingerprint density at radius 2 is 2.00 bits per heavy atom. The number of nitrogens with one attached hydrogen (secondary N) is 1. The molecule has 1 atom stereocenters. The van der Waals surface area contributed by atoms with Gasteiger partial charge in [0.05, 0.1) is 21.6 Å². The molecule has 22 heavy (non-hydrogen) atoms. The van der Waals surface area contributed by atoms with Crippen LogP contribution in [-0.4, -0.2) is 15.5 Å². The second-order valence-electron chi connectivity index (χ2n) is 4.94. The summed E-state index contributed by atoms with van der Waals surface area (Å²) in [4.78, 5) is 8.78. The van der Waals surface area contributed by atoms with Crippen LogP contribution in [0.15, 0.2) is 47.5 Å². The molecule has 2 heterocycles. The molecule has 110 valence electrons. The van der Waals surface area contributed by atoms with Crippen LogP contribution in [-0.2, 0) is 0 Å². The van der Waals surface area contributed by atoms with Crippen molar-refractivity contribution >= 4 is 34.5 Å². The summed E-state index contributed by atoms with van der Waals surface area (Å²) in [5, 5.41) is 3.20. The number of guanidine groups is 1. The molecule has 0 radical (unpaired) electrons. The first-order valence-electron chi connectivity index (χ1n) is 6.66. The number of nitrogens with two attached hydrogens (primary N) is 1. The van der Waals surface area contributed by atoms with E-state index in [0.29, 0.717) is 11.0 Å². The molecule has 0 aliphatic carbocycles. The highest BCUT2D eigenvalue weighted by Gasteiger charge is 2.28. The highest BCUT2D eigenvalue weighted by molar-refractivity contribution is 6.31. The molecule has 2 aromatic carbocycles. The van der Waals surface area contributed by atoms with Gasteiger partial charge in [-0.05, 0) is 24.3 Å². The van der Waals surface area contributed by atoms with Crippen molar-refractivity contribution in [3.63, 3.8) is 0 Å². The van der Waals surface area contributed by atoms with Crippen molar-refractivity contribution in [2.45, 2.75) is 6.17 Å². The summed E-state index contributed by atoms with van der Waals surface area (Å²) in [5.41, 5.74) is 7.69. The first-order chi connectivity index (χ1) is 10.6. The molecule has 0 saturated carbocycles. The smallest absolute Gasteiger partial charge is 0.212 e. The fraction of sp³-hybridized carbons (Fsp3) is 0.0667. The molecule has 0 amide bonds. The average molecular weight is 316 g/mol. The Labute approximate surface area is 130 Å². The van der Waals surface area contributed by atoms with Crippen LogP contribution >= 0.6 is 11.6 Å². The predicted molar refractivity (Wildman–Crippen MR) is 84.5 cm³/mol. The third kappa shape index (κ3) is 1.84. The van der Waals surface area contributed by atoms with E-state index < -0.39 is 12.0 Å². The summed E-state index contributed by atoms with van der Waals surface area (Å²) in [6.45, 7) is 0. The molecule has 4 rings (SSSR count). The number of nitrogens with zero attached hydrogens (tertiary/aromatic N) is 3. The van der Waals surface area contributed by atoms with Gasteiger partial charge in [-0.3, -0.25) is 9.88 Å². The lowest BCUT2D eigenvalue weighted by atomic mass is 10.1. The first-order valence-corrected chi connectivity index (χ1v) is 7.04. The number of para-hydroxylation sites is 2. The molecule has 3 aromatic rings. The molecule has 1 aliphatic rings. The van der Waals surface area contributed by atoms with Gasteiger partial charge in [0.15, 0.2) is 12.1 Å². The zero-order valence-electron chi connectivity index (χ0n) is 11.3. The number of imidazole rings is 1. The number of rotatable bonds is 1. The lowest BCUT2D eigenvalue weighted by Gasteiger charge is -2.24. The second kappa shape index (κ2) is 4.71. The van der Waals surface area contributed by atoms with Gasteiger partial charge in [0.1, 0.15) is 5.82 Å². The van der Waals surface area contributed by atoms with E-state index in [9.17, 15) is 4.39 Å². The van der Waals surface area contributed by atoms with Gasteiger partial charge < -0.3 is 5.73 Å². The van der Waals surface area contributed by atoms with E-state index in [1.807, 2.05) is 24.3 Å². The van der Waals surface area contributed by atoms with Crippen LogP contribution in [0.25, 0.3) is 11.0 Å². The third-order valence-corrected chi connectivity index (χ3v) is 3.93. The van der Waals surface area contributed by atoms with Crippen LogP contribution in [0.3, 0.4) is 0 Å². The van der Waals surface area contributed by atoms with Gasteiger partial charge in [-0.15, -0.1) is 0 Å². The number of fused-ring (bicyclic) bond motifs is 3. The topological polar surface area (TPSA) is 68.2 Å². The van der Waals surface area contributed by atoms with E-state index in [-0.39, 0.29) is 11.5 Å².